The minimum absolute atomic E-state index is 0.266. The largest absolute Gasteiger partial charge is 0.481 e. The van der Waals surface area contributed by atoms with Gasteiger partial charge in [0.15, 0.2) is 5.65 Å². The number of carboxylic acid groups (broad SMARTS) is 1. The first-order valence-electron chi connectivity index (χ1n) is 9.58. The monoisotopic (exact) mass is 380 g/mol. The molecular weight excluding hydrogens is 356 g/mol. The highest BCUT2D eigenvalue weighted by Crippen LogP contribution is 2.39. The number of carbonyl (C=O) groups is 1. The van der Waals surface area contributed by atoms with E-state index in [9.17, 15) is 15.0 Å². The third kappa shape index (κ3) is 3.33. The zero-order valence-corrected chi connectivity index (χ0v) is 15.6. The van der Waals surface area contributed by atoms with E-state index in [1.807, 2.05) is 41.3 Å². The van der Waals surface area contributed by atoms with Crippen LogP contribution in [0.25, 0.3) is 11.0 Å². The molecule has 1 aliphatic rings. The first kappa shape index (κ1) is 18.4. The highest BCUT2D eigenvalue weighted by Gasteiger charge is 2.49. The van der Waals surface area contributed by atoms with Gasteiger partial charge in [0, 0.05) is 19.3 Å². The average molecular weight is 380 g/mol. The van der Waals surface area contributed by atoms with Crippen LogP contribution in [0.5, 0.6) is 0 Å². The molecule has 4 rings (SSSR count). The molecule has 2 atom stereocenters. The van der Waals surface area contributed by atoms with Crippen LogP contribution in [0.3, 0.4) is 0 Å². The summed E-state index contributed by atoms with van der Waals surface area (Å²) in [6.07, 6.45) is 4.88. The molecule has 0 aliphatic carbocycles. The van der Waals surface area contributed by atoms with E-state index in [1.165, 1.54) is 5.56 Å². The molecule has 0 spiro atoms. The Morgan fingerprint density at radius 2 is 2.11 bits per heavy atom. The molecule has 3 heterocycles. The fraction of sp³-hybridized carbons (Fsp3) is 0.381. The Bertz CT molecular complexity index is 958. The SMILES string of the molecule is O=C(O)[C@]1(CCCc2ccccc2)CN(c2ccnc3[nH]ncc23)CC[C@H]1O. The number of aliphatic hydroxyl groups excluding tert-OH is 1. The minimum Gasteiger partial charge on any atom is -0.481 e. The van der Waals surface area contributed by atoms with Crippen LogP contribution in [0, 0.1) is 5.41 Å². The number of carboxylic acids is 1. The smallest absolute Gasteiger partial charge is 0.314 e. The summed E-state index contributed by atoms with van der Waals surface area (Å²) in [6.45, 7) is 0.863. The molecule has 7 nitrogen and oxygen atoms in total. The normalized spacial score (nSPS) is 22.5. The molecule has 1 aromatic carbocycles. The molecule has 0 radical (unpaired) electrons. The quantitative estimate of drug-likeness (QED) is 0.608. The predicted octanol–water partition coefficient (Wildman–Crippen LogP) is 2.62. The average Bonchev–Trinajstić information content (AvgIpc) is 3.19. The summed E-state index contributed by atoms with van der Waals surface area (Å²) in [5.41, 5.74) is 1.57. The van der Waals surface area contributed by atoms with Crippen molar-refractivity contribution in [2.75, 3.05) is 18.0 Å². The summed E-state index contributed by atoms with van der Waals surface area (Å²) in [6, 6.07) is 11.9. The van der Waals surface area contributed by atoms with Crippen LogP contribution in [0.15, 0.2) is 48.8 Å². The van der Waals surface area contributed by atoms with Crippen molar-refractivity contribution < 1.29 is 15.0 Å². The lowest BCUT2D eigenvalue weighted by molar-refractivity contribution is -0.158. The van der Waals surface area contributed by atoms with Gasteiger partial charge in [0.25, 0.3) is 0 Å². The number of fused-ring (bicyclic) bond motifs is 1. The van der Waals surface area contributed by atoms with Gasteiger partial charge in [0.05, 0.1) is 23.4 Å². The molecule has 1 saturated heterocycles. The Balaban J connectivity index is 1.56. The van der Waals surface area contributed by atoms with Crippen molar-refractivity contribution in [2.24, 2.45) is 5.41 Å². The fourth-order valence-electron chi connectivity index (χ4n) is 4.21. The van der Waals surface area contributed by atoms with Crippen LogP contribution >= 0.6 is 0 Å². The Hall–Kier alpha value is -2.93. The number of aromatic amines is 1. The number of anilines is 1. The molecule has 2 aromatic heterocycles. The number of benzene rings is 1. The van der Waals surface area contributed by atoms with Gasteiger partial charge in [-0.2, -0.15) is 5.10 Å². The first-order valence-corrected chi connectivity index (χ1v) is 9.58. The summed E-state index contributed by atoms with van der Waals surface area (Å²) in [4.78, 5) is 18.6. The predicted molar refractivity (Wildman–Crippen MR) is 106 cm³/mol. The standard InChI is InChI=1S/C21H24N4O3/c26-18-9-12-25(17-8-11-22-19-16(17)13-23-24-19)14-21(18,20(27)28)10-4-7-15-5-2-1-3-6-15/h1-3,5-6,8,11,13,18,26H,4,7,9-10,12,14H2,(H,27,28)(H,22,23,24)/t18-,21-/m1/s1. The van der Waals surface area contributed by atoms with Gasteiger partial charge in [0.1, 0.15) is 5.41 Å². The number of hydrogen-bond acceptors (Lipinski definition) is 5. The maximum atomic E-state index is 12.3. The minimum atomic E-state index is -1.19. The number of rotatable bonds is 6. The summed E-state index contributed by atoms with van der Waals surface area (Å²) < 4.78 is 0. The third-order valence-electron chi connectivity index (χ3n) is 5.81. The number of aliphatic hydroxyl groups is 1. The van der Waals surface area contributed by atoms with Crippen molar-refractivity contribution in [2.45, 2.75) is 31.8 Å². The lowest BCUT2D eigenvalue weighted by Gasteiger charge is -2.44. The molecule has 3 N–H and O–H groups in total. The molecule has 146 valence electrons. The van der Waals surface area contributed by atoms with E-state index in [0.29, 0.717) is 31.5 Å². The van der Waals surface area contributed by atoms with Gasteiger partial charge >= 0.3 is 5.97 Å². The van der Waals surface area contributed by atoms with E-state index >= 15 is 0 Å². The maximum absolute atomic E-state index is 12.3. The second-order valence-electron chi connectivity index (χ2n) is 7.49. The summed E-state index contributed by atoms with van der Waals surface area (Å²) >= 11 is 0. The second-order valence-corrected chi connectivity index (χ2v) is 7.49. The van der Waals surface area contributed by atoms with E-state index < -0.39 is 17.5 Å². The van der Waals surface area contributed by atoms with Crippen LogP contribution in [-0.2, 0) is 11.2 Å². The van der Waals surface area contributed by atoms with Crippen LogP contribution in [-0.4, -0.2) is 50.6 Å². The van der Waals surface area contributed by atoms with Gasteiger partial charge in [0.2, 0.25) is 0 Å². The van der Waals surface area contributed by atoms with Gasteiger partial charge < -0.3 is 15.1 Å². The molecule has 1 fully saturated rings. The maximum Gasteiger partial charge on any atom is 0.314 e. The Morgan fingerprint density at radius 3 is 2.89 bits per heavy atom. The summed E-state index contributed by atoms with van der Waals surface area (Å²) in [5.74, 6) is -0.935. The van der Waals surface area contributed by atoms with Gasteiger partial charge in [-0.05, 0) is 37.3 Å². The highest BCUT2D eigenvalue weighted by molar-refractivity contribution is 5.89. The van der Waals surface area contributed by atoms with Crippen molar-refractivity contribution in [1.82, 2.24) is 15.2 Å². The number of H-pyrrole nitrogens is 1. The molecule has 1 aliphatic heterocycles. The van der Waals surface area contributed by atoms with Crippen molar-refractivity contribution >= 4 is 22.7 Å². The molecule has 0 unspecified atom stereocenters. The number of nitrogens with zero attached hydrogens (tertiary/aromatic N) is 3. The molecule has 28 heavy (non-hydrogen) atoms. The third-order valence-corrected chi connectivity index (χ3v) is 5.81. The second kappa shape index (κ2) is 7.59. The van der Waals surface area contributed by atoms with Gasteiger partial charge in [-0.3, -0.25) is 9.89 Å². The van der Waals surface area contributed by atoms with Gasteiger partial charge in [-0.25, -0.2) is 4.98 Å². The summed E-state index contributed by atoms with van der Waals surface area (Å²) in [7, 11) is 0. The molecule has 0 bridgehead atoms. The number of aliphatic carboxylic acids is 1. The summed E-state index contributed by atoms with van der Waals surface area (Å²) in [5, 5.41) is 28.5. The number of hydrogen-bond donors (Lipinski definition) is 3. The van der Waals surface area contributed by atoms with Crippen LogP contribution in [0.2, 0.25) is 0 Å². The lowest BCUT2D eigenvalue weighted by Crippen LogP contribution is -2.56. The van der Waals surface area contributed by atoms with Crippen LogP contribution in [0.4, 0.5) is 5.69 Å². The number of aromatic nitrogens is 3. The zero-order valence-electron chi connectivity index (χ0n) is 15.6. The number of pyridine rings is 1. The van der Waals surface area contributed by atoms with E-state index in [4.69, 9.17) is 0 Å². The van der Waals surface area contributed by atoms with E-state index in [0.717, 1.165) is 17.5 Å². The zero-order chi connectivity index (χ0) is 19.6. The van der Waals surface area contributed by atoms with Gasteiger partial charge in [-0.1, -0.05) is 30.3 Å². The van der Waals surface area contributed by atoms with Crippen molar-refractivity contribution in [3.05, 3.63) is 54.4 Å². The fourth-order valence-corrected chi connectivity index (χ4v) is 4.21. The molecular formula is C21H24N4O3. The lowest BCUT2D eigenvalue weighted by atomic mass is 9.73. The van der Waals surface area contributed by atoms with Gasteiger partial charge in [-0.15, -0.1) is 0 Å². The Morgan fingerprint density at radius 1 is 1.29 bits per heavy atom. The topological polar surface area (TPSA) is 102 Å². The van der Waals surface area contributed by atoms with Crippen LogP contribution < -0.4 is 4.90 Å². The van der Waals surface area contributed by atoms with Crippen molar-refractivity contribution in [3.63, 3.8) is 0 Å². The molecule has 0 amide bonds. The van der Waals surface area contributed by atoms with Crippen molar-refractivity contribution in [1.29, 1.82) is 0 Å². The molecule has 0 saturated carbocycles. The Labute approximate surface area is 163 Å². The van der Waals surface area contributed by atoms with E-state index in [-0.39, 0.29) is 6.54 Å². The number of piperidine rings is 1. The highest BCUT2D eigenvalue weighted by atomic mass is 16.4. The van der Waals surface area contributed by atoms with E-state index in [1.54, 1.807) is 12.4 Å². The van der Waals surface area contributed by atoms with Crippen LogP contribution in [0.1, 0.15) is 24.8 Å². The molecule has 7 heteroatoms. The van der Waals surface area contributed by atoms with Crippen molar-refractivity contribution in [3.8, 4) is 0 Å². The Kier molecular flexibility index (Phi) is 5.00. The number of aryl methyl sites for hydroxylation is 1. The molecule has 3 aromatic rings. The van der Waals surface area contributed by atoms with E-state index in [2.05, 4.69) is 15.2 Å². The first-order chi connectivity index (χ1) is 13.6. The number of nitrogens with one attached hydrogen (secondary N) is 1.